The molecule has 86 valence electrons. The Morgan fingerprint density at radius 3 is 2.57 bits per heavy atom. The van der Waals surface area contributed by atoms with E-state index in [1.165, 1.54) is 0 Å². The first-order chi connectivity index (χ1) is 6.77. The highest BCUT2D eigenvalue weighted by molar-refractivity contribution is 4.48. The zero-order valence-corrected chi connectivity index (χ0v) is 9.59. The molecule has 0 aromatic carbocycles. The van der Waals surface area contributed by atoms with E-state index in [2.05, 4.69) is 19.2 Å². The summed E-state index contributed by atoms with van der Waals surface area (Å²) in [4.78, 5) is 0. The summed E-state index contributed by atoms with van der Waals surface area (Å²) >= 11 is 0. The maximum atomic E-state index is 8.54. The van der Waals surface area contributed by atoms with Gasteiger partial charge >= 0.3 is 0 Å². The fourth-order valence-corrected chi connectivity index (χ4v) is 1.05. The molecule has 0 atom stereocenters. The van der Waals surface area contributed by atoms with Gasteiger partial charge in [0, 0.05) is 19.8 Å². The number of unbranched alkanes of at least 4 members (excludes halogenated alkanes) is 1. The summed E-state index contributed by atoms with van der Waals surface area (Å²) in [7, 11) is 0. The molecular formula is C11H25NO2. The summed E-state index contributed by atoms with van der Waals surface area (Å²) in [6.07, 6.45) is 3.08. The molecule has 14 heavy (non-hydrogen) atoms. The Balaban J connectivity index is 2.85. The van der Waals surface area contributed by atoms with Gasteiger partial charge in [-0.05, 0) is 31.7 Å². The number of rotatable bonds is 10. The first-order valence-corrected chi connectivity index (χ1v) is 5.66. The fraction of sp³-hybridized carbons (Fsp3) is 1.00. The highest BCUT2D eigenvalue weighted by Gasteiger charge is 1.93. The fourth-order valence-electron chi connectivity index (χ4n) is 1.05. The van der Waals surface area contributed by atoms with Crippen molar-refractivity contribution in [3.8, 4) is 0 Å². The molecule has 0 aliphatic heterocycles. The first-order valence-electron chi connectivity index (χ1n) is 5.66. The Bertz CT molecular complexity index is 107. The van der Waals surface area contributed by atoms with Crippen molar-refractivity contribution in [1.82, 2.24) is 5.32 Å². The molecule has 0 bridgehead atoms. The second-order valence-corrected chi connectivity index (χ2v) is 3.98. The quantitative estimate of drug-likeness (QED) is 0.528. The molecule has 0 amide bonds. The van der Waals surface area contributed by atoms with Gasteiger partial charge < -0.3 is 15.2 Å². The molecule has 3 heteroatoms. The van der Waals surface area contributed by atoms with Crippen molar-refractivity contribution in [2.45, 2.75) is 33.1 Å². The van der Waals surface area contributed by atoms with Crippen molar-refractivity contribution in [2.75, 3.05) is 32.9 Å². The highest BCUT2D eigenvalue weighted by atomic mass is 16.5. The number of nitrogens with one attached hydrogen (secondary N) is 1. The van der Waals surface area contributed by atoms with Gasteiger partial charge in [0.25, 0.3) is 0 Å². The van der Waals surface area contributed by atoms with Crippen molar-refractivity contribution in [3.05, 3.63) is 0 Å². The lowest BCUT2D eigenvalue weighted by molar-refractivity contribution is 0.125. The molecule has 0 spiro atoms. The Hall–Kier alpha value is -0.120. The van der Waals surface area contributed by atoms with Gasteiger partial charge in [-0.2, -0.15) is 0 Å². The van der Waals surface area contributed by atoms with E-state index in [9.17, 15) is 0 Å². The average Bonchev–Trinajstić information content (AvgIpc) is 2.15. The zero-order chi connectivity index (χ0) is 10.6. The predicted octanol–water partition coefficient (Wildman–Crippen LogP) is 1.41. The van der Waals surface area contributed by atoms with Crippen LogP contribution in [0.5, 0.6) is 0 Å². The third-order valence-electron chi connectivity index (χ3n) is 2.02. The molecule has 0 unspecified atom stereocenters. The number of aliphatic hydroxyl groups is 1. The zero-order valence-electron chi connectivity index (χ0n) is 9.59. The SMILES string of the molecule is CC(C)CCOCCNCCCCO. The van der Waals surface area contributed by atoms with Gasteiger partial charge in [0.1, 0.15) is 0 Å². The van der Waals surface area contributed by atoms with Crippen LogP contribution < -0.4 is 5.32 Å². The molecule has 0 aromatic rings. The number of hydrogen-bond donors (Lipinski definition) is 2. The molecule has 0 fully saturated rings. The summed E-state index contributed by atoms with van der Waals surface area (Å²) in [6, 6.07) is 0. The van der Waals surface area contributed by atoms with E-state index in [0.29, 0.717) is 6.61 Å². The van der Waals surface area contributed by atoms with E-state index in [1.807, 2.05) is 0 Å². The minimum absolute atomic E-state index is 0.298. The summed E-state index contributed by atoms with van der Waals surface area (Å²) in [5.74, 6) is 0.729. The lowest BCUT2D eigenvalue weighted by Gasteiger charge is -2.07. The van der Waals surface area contributed by atoms with Crippen molar-refractivity contribution < 1.29 is 9.84 Å². The van der Waals surface area contributed by atoms with E-state index >= 15 is 0 Å². The van der Waals surface area contributed by atoms with Gasteiger partial charge in [-0.3, -0.25) is 0 Å². The Labute approximate surface area is 87.8 Å². The molecular weight excluding hydrogens is 178 g/mol. The lowest BCUT2D eigenvalue weighted by atomic mass is 10.1. The van der Waals surface area contributed by atoms with Gasteiger partial charge in [0.05, 0.1) is 6.61 Å². The van der Waals surface area contributed by atoms with Crippen LogP contribution in [0.4, 0.5) is 0 Å². The number of aliphatic hydroxyl groups excluding tert-OH is 1. The monoisotopic (exact) mass is 203 g/mol. The summed E-state index contributed by atoms with van der Waals surface area (Å²) < 4.78 is 5.44. The predicted molar refractivity (Wildman–Crippen MR) is 59.5 cm³/mol. The van der Waals surface area contributed by atoms with Crippen molar-refractivity contribution in [3.63, 3.8) is 0 Å². The maximum absolute atomic E-state index is 8.54. The van der Waals surface area contributed by atoms with Gasteiger partial charge in [-0.25, -0.2) is 0 Å². The minimum atomic E-state index is 0.298. The second-order valence-electron chi connectivity index (χ2n) is 3.98. The molecule has 0 aliphatic carbocycles. The number of ether oxygens (including phenoxy) is 1. The second kappa shape index (κ2) is 11.0. The van der Waals surface area contributed by atoms with Crippen LogP contribution in [0.2, 0.25) is 0 Å². The summed E-state index contributed by atoms with van der Waals surface area (Å²) in [5.41, 5.74) is 0. The summed E-state index contributed by atoms with van der Waals surface area (Å²) in [6.45, 7) is 8.28. The molecule has 2 N–H and O–H groups in total. The topological polar surface area (TPSA) is 41.5 Å². The first kappa shape index (κ1) is 13.9. The van der Waals surface area contributed by atoms with Gasteiger partial charge in [0.15, 0.2) is 0 Å². The van der Waals surface area contributed by atoms with Gasteiger partial charge in [0.2, 0.25) is 0 Å². The van der Waals surface area contributed by atoms with Gasteiger partial charge in [-0.1, -0.05) is 13.8 Å². The average molecular weight is 203 g/mol. The molecule has 3 nitrogen and oxygen atoms in total. The van der Waals surface area contributed by atoms with Crippen LogP contribution in [0.1, 0.15) is 33.1 Å². The van der Waals surface area contributed by atoms with Gasteiger partial charge in [-0.15, -0.1) is 0 Å². The third-order valence-corrected chi connectivity index (χ3v) is 2.02. The molecule has 0 rings (SSSR count). The van der Waals surface area contributed by atoms with Crippen LogP contribution in [0, 0.1) is 5.92 Å². The van der Waals surface area contributed by atoms with Crippen molar-refractivity contribution in [2.24, 2.45) is 5.92 Å². The van der Waals surface area contributed by atoms with E-state index in [4.69, 9.17) is 9.84 Å². The Morgan fingerprint density at radius 1 is 1.14 bits per heavy atom. The largest absolute Gasteiger partial charge is 0.396 e. The highest BCUT2D eigenvalue weighted by Crippen LogP contribution is 1.98. The van der Waals surface area contributed by atoms with E-state index in [-0.39, 0.29) is 0 Å². The van der Waals surface area contributed by atoms with E-state index in [0.717, 1.165) is 51.5 Å². The standard InChI is InChI=1S/C11H25NO2/c1-11(2)5-9-14-10-7-12-6-3-4-8-13/h11-13H,3-10H2,1-2H3. The van der Waals surface area contributed by atoms with Crippen LogP contribution in [0.25, 0.3) is 0 Å². The summed E-state index contributed by atoms with van der Waals surface area (Å²) in [5, 5.41) is 11.8. The third kappa shape index (κ3) is 11.9. The lowest BCUT2D eigenvalue weighted by Crippen LogP contribution is -2.21. The molecule has 0 saturated carbocycles. The minimum Gasteiger partial charge on any atom is -0.396 e. The maximum Gasteiger partial charge on any atom is 0.0590 e. The Morgan fingerprint density at radius 2 is 1.93 bits per heavy atom. The van der Waals surface area contributed by atoms with Crippen LogP contribution in [-0.2, 0) is 4.74 Å². The molecule has 0 aromatic heterocycles. The molecule has 0 saturated heterocycles. The van der Waals surface area contributed by atoms with E-state index in [1.54, 1.807) is 0 Å². The van der Waals surface area contributed by atoms with Crippen LogP contribution >= 0.6 is 0 Å². The normalized spacial score (nSPS) is 11.1. The van der Waals surface area contributed by atoms with Crippen molar-refractivity contribution in [1.29, 1.82) is 0 Å². The van der Waals surface area contributed by atoms with Crippen LogP contribution in [-0.4, -0.2) is 38.0 Å². The molecule has 0 radical (unpaired) electrons. The molecule has 0 heterocycles. The van der Waals surface area contributed by atoms with Crippen LogP contribution in [0.15, 0.2) is 0 Å². The smallest absolute Gasteiger partial charge is 0.0590 e. The van der Waals surface area contributed by atoms with Crippen LogP contribution in [0.3, 0.4) is 0 Å². The van der Waals surface area contributed by atoms with E-state index < -0.39 is 0 Å². The molecule has 0 aliphatic rings. The number of hydrogen-bond acceptors (Lipinski definition) is 3. The van der Waals surface area contributed by atoms with Crippen molar-refractivity contribution >= 4 is 0 Å². The Kier molecular flexibility index (Phi) is 10.9.